The lowest BCUT2D eigenvalue weighted by atomic mass is 10.0. The van der Waals surface area contributed by atoms with Gasteiger partial charge in [0, 0.05) is 28.9 Å². The lowest BCUT2D eigenvalue weighted by molar-refractivity contribution is -0.137. The Balaban J connectivity index is 1.66. The molecule has 0 N–H and O–H groups in total. The minimum absolute atomic E-state index is 0.0137. The van der Waals surface area contributed by atoms with Crippen molar-refractivity contribution in [1.29, 1.82) is 0 Å². The summed E-state index contributed by atoms with van der Waals surface area (Å²) >= 11 is 12.6. The van der Waals surface area contributed by atoms with Gasteiger partial charge in [0.05, 0.1) is 22.9 Å². The largest absolute Gasteiger partial charge is 0.416 e. The summed E-state index contributed by atoms with van der Waals surface area (Å²) in [6.07, 6.45) is 3.77. The van der Waals surface area contributed by atoms with Crippen LogP contribution >= 0.6 is 23.2 Å². The Morgan fingerprint density at radius 1 is 1.00 bits per heavy atom. The van der Waals surface area contributed by atoms with Gasteiger partial charge in [0.25, 0.3) is 0 Å². The third-order valence-corrected chi connectivity index (χ3v) is 6.63. The number of benzene rings is 3. The second-order valence-electron chi connectivity index (χ2n) is 8.83. The van der Waals surface area contributed by atoms with Gasteiger partial charge < -0.3 is 14.1 Å². The first-order valence-corrected chi connectivity index (χ1v) is 13.1. The van der Waals surface area contributed by atoms with E-state index in [1.165, 1.54) is 6.07 Å². The van der Waals surface area contributed by atoms with Crippen molar-refractivity contribution in [2.75, 3.05) is 13.2 Å². The van der Waals surface area contributed by atoms with E-state index in [-0.39, 0.29) is 13.2 Å². The first-order chi connectivity index (χ1) is 19.2. The second kappa shape index (κ2) is 13.1. The van der Waals surface area contributed by atoms with Crippen molar-refractivity contribution in [3.63, 3.8) is 0 Å². The first-order valence-electron chi connectivity index (χ1n) is 12.3. The number of allylic oxidation sites excluding steroid dienone is 3. The predicted molar refractivity (Wildman–Crippen MR) is 153 cm³/mol. The van der Waals surface area contributed by atoms with Crippen molar-refractivity contribution in [2.24, 2.45) is 0 Å². The third-order valence-electron chi connectivity index (χ3n) is 6.08. The molecule has 3 aromatic carbocycles. The molecule has 0 fully saturated rings. The van der Waals surface area contributed by atoms with Gasteiger partial charge in [-0.25, -0.2) is 4.98 Å². The Bertz CT molecular complexity index is 1540. The quantitative estimate of drug-likeness (QED) is 0.106. The molecule has 0 radical (unpaired) electrons. The highest BCUT2D eigenvalue weighted by Gasteiger charge is 2.30. The highest BCUT2D eigenvalue weighted by atomic mass is 35.5. The highest BCUT2D eigenvalue weighted by molar-refractivity contribution is 6.36. The molecule has 0 spiro atoms. The van der Waals surface area contributed by atoms with Gasteiger partial charge >= 0.3 is 6.18 Å². The molecule has 0 atom stereocenters. The molecule has 0 amide bonds. The van der Waals surface area contributed by atoms with Gasteiger partial charge in [0.15, 0.2) is 0 Å². The summed E-state index contributed by atoms with van der Waals surface area (Å²) in [5.74, 6) is 0.678. The molecule has 206 valence electrons. The highest BCUT2D eigenvalue weighted by Crippen LogP contribution is 2.33. The lowest BCUT2D eigenvalue weighted by Gasteiger charge is -2.11. The fourth-order valence-corrected chi connectivity index (χ4v) is 4.63. The third kappa shape index (κ3) is 7.30. The van der Waals surface area contributed by atoms with Crippen molar-refractivity contribution >= 4 is 35.1 Å². The molecule has 0 aliphatic carbocycles. The minimum atomic E-state index is -4.40. The molecule has 0 saturated carbocycles. The number of imidazole rings is 1. The summed E-state index contributed by atoms with van der Waals surface area (Å²) in [6, 6.07) is 17.9. The van der Waals surface area contributed by atoms with Gasteiger partial charge in [-0.15, -0.1) is 0 Å². The number of halogens is 5. The Labute approximate surface area is 240 Å². The maximum absolute atomic E-state index is 13.2. The zero-order valence-corrected chi connectivity index (χ0v) is 23.0. The first kappa shape index (κ1) is 29.3. The van der Waals surface area contributed by atoms with Crippen LogP contribution in [0.4, 0.5) is 13.2 Å². The normalized spacial score (nSPS) is 12.3. The molecule has 0 unspecified atom stereocenters. The number of carbonyl (C=O) groups excluding carboxylic acids is 1. The van der Waals surface area contributed by atoms with Crippen molar-refractivity contribution in [3.8, 4) is 22.4 Å². The summed E-state index contributed by atoms with van der Waals surface area (Å²) in [6.45, 7) is 2.62. The molecule has 0 aliphatic heterocycles. The lowest BCUT2D eigenvalue weighted by Crippen LogP contribution is -2.04. The topological polar surface area (TPSA) is 44.1 Å². The minimum Gasteiger partial charge on any atom is -0.370 e. The molecular formula is C31H25Cl2F3N2O2. The van der Waals surface area contributed by atoms with Crippen molar-refractivity contribution < 1.29 is 22.7 Å². The van der Waals surface area contributed by atoms with Gasteiger partial charge in [0.1, 0.15) is 18.7 Å². The SMILES string of the molecule is C/C=C(\C=C/COCC=O)c1nc(-c2ccc(Cl)cc2Cl)cn1Cc1ccc(-c2cccc(C(F)(F)F)c2)cc1. The maximum atomic E-state index is 13.2. The van der Waals surface area contributed by atoms with Crippen molar-refractivity contribution in [1.82, 2.24) is 9.55 Å². The van der Waals surface area contributed by atoms with Crippen LogP contribution in [-0.2, 0) is 22.3 Å². The van der Waals surface area contributed by atoms with Crippen LogP contribution in [0, 0.1) is 0 Å². The summed E-state index contributed by atoms with van der Waals surface area (Å²) < 4.78 is 46.7. The number of nitrogens with zero attached hydrogens (tertiary/aromatic N) is 2. The fourth-order valence-electron chi connectivity index (χ4n) is 4.13. The molecule has 1 heterocycles. The van der Waals surface area contributed by atoms with E-state index in [2.05, 4.69) is 0 Å². The van der Waals surface area contributed by atoms with Crippen molar-refractivity contribution in [2.45, 2.75) is 19.6 Å². The molecular weight excluding hydrogens is 560 g/mol. The number of carbonyl (C=O) groups is 1. The maximum Gasteiger partial charge on any atom is 0.416 e. The molecule has 0 saturated heterocycles. The number of aromatic nitrogens is 2. The van der Waals surface area contributed by atoms with E-state index in [0.29, 0.717) is 45.5 Å². The molecule has 0 aliphatic rings. The van der Waals surface area contributed by atoms with E-state index in [9.17, 15) is 18.0 Å². The average molecular weight is 585 g/mol. The van der Waals surface area contributed by atoms with Gasteiger partial charge in [-0.05, 0) is 53.9 Å². The van der Waals surface area contributed by atoms with Gasteiger partial charge in [-0.2, -0.15) is 13.2 Å². The van der Waals surface area contributed by atoms with E-state index >= 15 is 0 Å². The van der Waals surface area contributed by atoms with E-state index in [1.54, 1.807) is 36.4 Å². The second-order valence-corrected chi connectivity index (χ2v) is 9.67. The molecule has 0 bridgehead atoms. The number of hydrogen-bond donors (Lipinski definition) is 0. The molecule has 1 aromatic heterocycles. The van der Waals surface area contributed by atoms with Crippen LogP contribution in [0.25, 0.3) is 28.0 Å². The summed E-state index contributed by atoms with van der Waals surface area (Å²) in [5, 5.41) is 0.982. The Morgan fingerprint density at radius 3 is 2.45 bits per heavy atom. The number of aldehydes is 1. The van der Waals surface area contributed by atoms with E-state index in [1.807, 2.05) is 48.0 Å². The van der Waals surface area contributed by atoms with Gasteiger partial charge in [0.2, 0.25) is 0 Å². The van der Waals surface area contributed by atoms with E-state index in [0.717, 1.165) is 28.8 Å². The van der Waals surface area contributed by atoms with Crippen molar-refractivity contribution in [3.05, 3.63) is 118 Å². The Hall–Kier alpha value is -3.65. The predicted octanol–water partition coefficient (Wildman–Crippen LogP) is 8.77. The van der Waals surface area contributed by atoms with Crippen LogP contribution in [0.1, 0.15) is 23.9 Å². The zero-order chi connectivity index (χ0) is 28.7. The van der Waals surface area contributed by atoms with Gasteiger partial charge in [-0.1, -0.05) is 77.8 Å². The summed E-state index contributed by atoms with van der Waals surface area (Å²) in [4.78, 5) is 15.4. The fraction of sp³-hybridized carbons (Fsp3) is 0.161. The Morgan fingerprint density at radius 2 is 1.77 bits per heavy atom. The number of alkyl halides is 3. The van der Waals surface area contributed by atoms with Crippen LogP contribution in [0.2, 0.25) is 10.0 Å². The Kier molecular flexibility index (Phi) is 9.63. The molecule has 4 aromatic rings. The molecule has 4 nitrogen and oxygen atoms in total. The van der Waals surface area contributed by atoms with Crippen LogP contribution < -0.4 is 0 Å². The number of ether oxygens (including phenoxy) is 1. The van der Waals surface area contributed by atoms with Crippen LogP contribution in [0.5, 0.6) is 0 Å². The zero-order valence-electron chi connectivity index (χ0n) is 21.5. The smallest absolute Gasteiger partial charge is 0.370 e. The monoisotopic (exact) mass is 584 g/mol. The van der Waals surface area contributed by atoms with E-state index < -0.39 is 11.7 Å². The average Bonchev–Trinajstić information content (AvgIpc) is 3.33. The van der Waals surface area contributed by atoms with Crippen LogP contribution in [0.3, 0.4) is 0 Å². The van der Waals surface area contributed by atoms with Gasteiger partial charge in [-0.3, -0.25) is 0 Å². The summed E-state index contributed by atoms with van der Waals surface area (Å²) in [7, 11) is 0. The van der Waals surface area contributed by atoms with E-state index in [4.69, 9.17) is 32.9 Å². The number of rotatable bonds is 10. The summed E-state index contributed by atoms with van der Waals surface area (Å²) in [5.41, 5.74) is 3.61. The van der Waals surface area contributed by atoms with Crippen LogP contribution in [-0.4, -0.2) is 29.1 Å². The number of hydrogen-bond acceptors (Lipinski definition) is 3. The van der Waals surface area contributed by atoms with Crippen LogP contribution in [0.15, 0.2) is 91.2 Å². The molecule has 9 heteroatoms. The standard InChI is InChI=1S/C31H25Cl2F3N2O2/c1-2-22(6-4-15-40-16-14-39)30-37-29(27-13-12-26(32)18-28(27)33)20-38(30)19-21-8-10-23(11-9-21)24-5-3-7-25(17-24)31(34,35)36/h2-14,17-18,20H,15-16,19H2,1H3/b6-4-,22-2+. The molecule has 4 rings (SSSR count). The molecule has 40 heavy (non-hydrogen) atoms.